The summed E-state index contributed by atoms with van der Waals surface area (Å²) in [6.45, 7) is 0.447. The van der Waals surface area contributed by atoms with Gasteiger partial charge >= 0.3 is 0 Å². The lowest BCUT2D eigenvalue weighted by Crippen LogP contribution is -2.29. The molecular weight excluding hydrogens is 403 g/mol. The molecule has 142 valence electrons. The van der Waals surface area contributed by atoms with Crippen LogP contribution in [0.25, 0.3) is 33.5 Å². The molecule has 0 aliphatic rings. The summed E-state index contributed by atoms with van der Waals surface area (Å²) in [4.78, 5) is 30.6. The third-order valence-corrected chi connectivity index (χ3v) is 4.94. The molecule has 2 aromatic heterocycles. The standard InChI is InChI=1S/C20H14Cl2N2O4/c1-27-9-8-24-18(12-7-6-11(21)10-14(12)22)23-19-16(20(24)26)17(25)13-4-2-3-5-15(13)28-19/h2-7,10H,8-9H2,1H3. The van der Waals surface area contributed by atoms with E-state index in [0.29, 0.717) is 26.6 Å². The Morgan fingerprint density at radius 3 is 2.68 bits per heavy atom. The van der Waals surface area contributed by atoms with Crippen LogP contribution in [0.4, 0.5) is 0 Å². The highest BCUT2D eigenvalue weighted by Gasteiger charge is 2.20. The number of methoxy groups -OCH3 is 1. The smallest absolute Gasteiger partial charge is 0.269 e. The summed E-state index contributed by atoms with van der Waals surface area (Å²) < 4.78 is 12.2. The van der Waals surface area contributed by atoms with Gasteiger partial charge in [-0.05, 0) is 30.3 Å². The number of fused-ring (bicyclic) bond motifs is 2. The molecular formula is C20H14Cl2N2O4. The van der Waals surface area contributed by atoms with Crippen molar-refractivity contribution in [2.75, 3.05) is 13.7 Å². The molecule has 28 heavy (non-hydrogen) atoms. The number of aromatic nitrogens is 2. The third-order valence-electron chi connectivity index (χ3n) is 4.39. The molecule has 2 aromatic carbocycles. The average Bonchev–Trinajstić information content (AvgIpc) is 2.67. The number of hydrogen-bond acceptors (Lipinski definition) is 5. The first kappa shape index (κ1) is 18.7. The van der Waals surface area contributed by atoms with E-state index in [1.54, 1.807) is 42.5 Å². The minimum atomic E-state index is -0.512. The molecule has 6 nitrogen and oxygen atoms in total. The lowest BCUT2D eigenvalue weighted by atomic mass is 10.1. The largest absolute Gasteiger partial charge is 0.437 e. The summed E-state index contributed by atoms with van der Waals surface area (Å²) in [5, 5.41) is 0.999. The Hall–Kier alpha value is -2.67. The highest BCUT2D eigenvalue weighted by atomic mass is 35.5. The fourth-order valence-corrected chi connectivity index (χ4v) is 3.54. The van der Waals surface area contributed by atoms with Gasteiger partial charge in [-0.25, -0.2) is 0 Å². The Morgan fingerprint density at radius 1 is 1.14 bits per heavy atom. The predicted octanol–water partition coefficient (Wildman–Crippen LogP) is 4.12. The lowest BCUT2D eigenvalue weighted by Gasteiger charge is -2.14. The van der Waals surface area contributed by atoms with Gasteiger partial charge < -0.3 is 9.15 Å². The van der Waals surface area contributed by atoms with Crippen LogP contribution in [-0.2, 0) is 11.3 Å². The number of para-hydroxylation sites is 1. The summed E-state index contributed by atoms with van der Waals surface area (Å²) in [5.41, 5.74) is -0.119. The van der Waals surface area contributed by atoms with Crippen molar-refractivity contribution in [2.24, 2.45) is 0 Å². The summed E-state index contributed by atoms with van der Waals surface area (Å²) in [5.74, 6) is 0.273. The molecule has 0 saturated carbocycles. The fraction of sp³-hybridized carbons (Fsp3) is 0.150. The normalized spacial score (nSPS) is 11.4. The van der Waals surface area contributed by atoms with Gasteiger partial charge in [-0.3, -0.25) is 14.2 Å². The number of halogens is 2. The Bertz CT molecular complexity index is 1330. The Kier molecular flexibility index (Phi) is 4.93. The van der Waals surface area contributed by atoms with E-state index >= 15 is 0 Å². The molecule has 0 radical (unpaired) electrons. The highest BCUT2D eigenvalue weighted by Crippen LogP contribution is 2.29. The van der Waals surface area contributed by atoms with Crippen LogP contribution in [-0.4, -0.2) is 23.3 Å². The second kappa shape index (κ2) is 7.39. The molecule has 0 saturated heterocycles. The first-order valence-corrected chi connectivity index (χ1v) is 9.17. The van der Waals surface area contributed by atoms with Crippen molar-refractivity contribution < 1.29 is 9.15 Å². The van der Waals surface area contributed by atoms with E-state index in [1.807, 2.05) is 0 Å². The fourth-order valence-electron chi connectivity index (χ4n) is 3.05. The maximum atomic E-state index is 13.2. The van der Waals surface area contributed by atoms with E-state index in [9.17, 15) is 9.59 Å². The van der Waals surface area contributed by atoms with Crippen LogP contribution in [0.15, 0.2) is 56.5 Å². The maximum Gasteiger partial charge on any atom is 0.269 e. The maximum absolute atomic E-state index is 13.2. The zero-order chi connectivity index (χ0) is 19.8. The molecule has 0 N–H and O–H groups in total. The molecule has 0 fully saturated rings. The van der Waals surface area contributed by atoms with E-state index < -0.39 is 11.0 Å². The van der Waals surface area contributed by atoms with Crippen LogP contribution in [0.5, 0.6) is 0 Å². The van der Waals surface area contributed by atoms with E-state index in [1.165, 1.54) is 11.7 Å². The summed E-state index contributed by atoms with van der Waals surface area (Å²) >= 11 is 12.3. The predicted molar refractivity (Wildman–Crippen MR) is 109 cm³/mol. The summed E-state index contributed by atoms with van der Waals surface area (Å²) in [6, 6.07) is 11.6. The van der Waals surface area contributed by atoms with Gasteiger partial charge in [0.1, 0.15) is 11.4 Å². The number of benzene rings is 2. The second-order valence-electron chi connectivity index (χ2n) is 6.12. The van der Waals surface area contributed by atoms with Gasteiger partial charge in [-0.2, -0.15) is 4.98 Å². The quantitative estimate of drug-likeness (QED) is 0.467. The van der Waals surface area contributed by atoms with Crippen LogP contribution in [0.1, 0.15) is 0 Å². The van der Waals surface area contributed by atoms with Crippen LogP contribution in [0.3, 0.4) is 0 Å². The van der Waals surface area contributed by atoms with Gasteiger partial charge in [0.2, 0.25) is 11.1 Å². The van der Waals surface area contributed by atoms with Gasteiger partial charge in [0, 0.05) is 17.7 Å². The Morgan fingerprint density at radius 2 is 1.93 bits per heavy atom. The van der Waals surface area contributed by atoms with Crippen molar-refractivity contribution in [1.29, 1.82) is 0 Å². The number of ether oxygens (including phenoxy) is 1. The molecule has 0 unspecified atom stereocenters. The van der Waals surface area contributed by atoms with Crippen LogP contribution < -0.4 is 11.0 Å². The monoisotopic (exact) mass is 416 g/mol. The molecule has 2 heterocycles. The van der Waals surface area contributed by atoms with Crippen LogP contribution in [0, 0.1) is 0 Å². The molecule has 0 bridgehead atoms. The molecule has 4 rings (SSSR count). The number of nitrogens with zero attached hydrogens (tertiary/aromatic N) is 2. The van der Waals surface area contributed by atoms with Crippen molar-refractivity contribution in [3.63, 3.8) is 0 Å². The first-order valence-electron chi connectivity index (χ1n) is 8.42. The van der Waals surface area contributed by atoms with Crippen molar-refractivity contribution in [1.82, 2.24) is 9.55 Å². The van der Waals surface area contributed by atoms with Crippen molar-refractivity contribution in [2.45, 2.75) is 6.54 Å². The molecule has 8 heteroatoms. The molecule has 0 spiro atoms. The third kappa shape index (κ3) is 3.09. The average molecular weight is 417 g/mol. The Balaban J connectivity index is 2.12. The molecule has 0 amide bonds. The first-order chi connectivity index (χ1) is 13.5. The van der Waals surface area contributed by atoms with E-state index in [4.69, 9.17) is 32.4 Å². The van der Waals surface area contributed by atoms with Crippen LogP contribution in [0.2, 0.25) is 10.0 Å². The SMILES string of the molecule is COCCn1c(-c2ccc(Cl)cc2Cl)nc2oc3ccccc3c(=O)c2c1=O. The molecule has 0 aliphatic heterocycles. The zero-order valence-electron chi connectivity index (χ0n) is 14.7. The van der Waals surface area contributed by atoms with Crippen molar-refractivity contribution in [3.8, 4) is 11.4 Å². The zero-order valence-corrected chi connectivity index (χ0v) is 16.3. The molecule has 4 aromatic rings. The van der Waals surface area contributed by atoms with E-state index in [-0.39, 0.29) is 30.1 Å². The topological polar surface area (TPSA) is 74.3 Å². The van der Waals surface area contributed by atoms with Gasteiger partial charge in [-0.1, -0.05) is 35.3 Å². The van der Waals surface area contributed by atoms with Crippen molar-refractivity contribution in [3.05, 3.63) is 73.1 Å². The molecule has 0 atom stereocenters. The number of rotatable bonds is 4. The Labute approximate surface area is 168 Å². The van der Waals surface area contributed by atoms with Crippen molar-refractivity contribution >= 4 is 45.3 Å². The van der Waals surface area contributed by atoms with Gasteiger partial charge in [0.05, 0.1) is 23.6 Å². The molecule has 0 aliphatic carbocycles. The summed E-state index contributed by atoms with van der Waals surface area (Å²) in [7, 11) is 1.52. The van der Waals surface area contributed by atoms with Gasteiger partial charge in [0.15, 0.2) is 5.39 Å². The minimum Gasteiger partial charge on any atom is -0.437 e. The van der Waals surface area contributed by atoms with E-state index in [0.717, 1.165) is 0 Å². The highest BCUT2D eigenvalue weighted by molar-refractivity contribution is 6.36. The summed E-state index contributed by atoms with van der Waals surface area (Å²) in [6.07, 6.45) is 0. The number of hydrogen-bond donors (Lipinski definition) is 0. The van der Waals surface area contributed by atoms with Gasteiger partial charge in [-0.15, -0.1) is 0 Å². The lowest BCUT2D eigenvalue weighted by molar-refractivity contribution is 0.186. The minimum absolute atomic E-state index is 0.0385. The van der Waals surface area contributed by atoms with Crippen LogP contribution >= 0.6 is 23.2 Å². The second-order valence-corrected chi connectivity index (χ2v) is 6.96. The van der Waals surface area contributed by atoms with E-state index in [2.05, 4.69) is 4.98 Å². The van der Waals surface area contributed by atoms with Gasteiger partial charge in [0.25, 0.3) is 5.56 Å².